The number of hydrogen-bond acceptors (Lipinski definition) is 4. The van der Waals surface area contributed by atoms with Gasteiger partial charge in [0.25, 0.3) is 0 Å². The highest BCUT2D eigenvalue weighted by atomic mass is 16.6. The first-order valence-corrected chi connectivity index (χ1v) is 11.4. The lowest BCUT2D eigenvalue weighted by Gasteiger charge is -2.32. The molecule has 0 heterocycles. The molecule has 0 saturated carbocycles. The highest BCUT2D eigenvalue weighted by Gasteiger charge is 2.58. The normalized spacial score (nSPS) is 20.4. The fourth-order valence-electron chi connectivity index (χ4n) is 4.57. The lowest BCUT2D eigenvalue weighted by Crippen LogP contribution is -2.40. The number of hydrogen-bond donors (Lipinski definition) is 0. The van der Waals surface area contributed by atoms with Crippen molar-refractivity contribution in [2.75, 3.05) is 0 Å². The summed E-state index contributed by atoms with van der Waals surface area (Å²) < 4.78 is 5.82. The third-order valence-electron chi connectivity index (χ3n) is 6.07. The van der Waals surface area contributed by atoms with Crippen molar-refractivity contribution in [3.63, 3.8) is 0 Å². The summed E-state index contributed by atoms with van der Waals surface area (Å²) in [4.78, 5) is 27.1. The Morgan fingerprint density at radius 1 is 0.941 bits per heavy atom. The Kier molecular flexibility index (Phi) is 6.22. The molecule has 34 heavy (non-hydrogen) atoms. The van der Waals surface area contributed by atoms with E-state index < -0.39 is 22.9 Å². The molecule has 4 heteroatoms. The maximum absolute atomic E-state index is 13.8. The van der Waals surface area contributed by atoms with E-state index in [0.29, 0.717) is 11.1 Å². The molecule has 0 bridgehead atoms. The first-order chi connectivity index (χ1) is 16.3. The first-order valence-electron chi connectivity index (χ1n) is 11.4. The number of Topliss-reactive ketones (excluding diaryl/α,β-unsaturated/α-hetero) is 1. The number of esters is 1. The van der Waals surface area contributed by atoms with Crippen molar-refractivity contribution < 1.29 is 14.3 Å². The number of benzene rings is 3. The molecule has 0 N–H and O–H groups in total. The van der Waals surface area contributed by atoms with Crippen LogP contribution in [0.5, 0.6) is 0 Å². The monoisotopic (exact) mass is 449 g/mol. The summed E-state index contributed by atoms with van der Waals surface area (Å²) in [6.45, 7) is 5.34. The molecule has 0 amide bonds. The van der Waals surface area contributed by atoms with Gasteiger partial charge in [0.05, 0.1) is 6.07 Å². The van der Waals surface area contributed by atoms with Crippen LogP contribution >= 0.6 is 0 Å². The van der Waals surface area contributed by atoms with Crippen molar-refractivity contribution >= 4 is 23.4 Å². The summed E-state index contributed by atoms with van der Waals surface area (Å²) in [6.07, 6.45) is 1.89. The number of nitriles is 1. The SMILES string of the molecule is CC(C)(C)OC(=O)C1(C#N)/C(=C/c2ccccc2)c2ccccc2C1CC(=O)c1ccccc1. The van der Waals surface area contributed by atoms with E-state index in [1.54, 1.807) is 32.9 Å². The Morgan fingerprint density at radius 2 is 1.53 bits per heavy atom. The molecular weight excluding hydrogens is 422 g/mol. The number of ketones is 1. The first kappa shape index (κ1) is 23.2. The minimum absolute atomic E-state index is 0.0138. The predicted octanol–water partition coefficient (Wildman–Crippen LogP) is 6.45. The van der Waals surface area contributed by atoms with Crippen LogP contribution in [-0.4, -0.2) is 17.4 Å². The van der Waals surface area contributed by atoms with E-state index in [2.05, 4.69) is 6.07 Å². The number of fused-ring (bicyclic) bond motifs is 1. The van der Waals surface area contributed by atoms with Gasteiger partial charge in [-0.3, -0.25) is 4.79 Å². The van der Waals surface area contributed by atoms with Gasteiger partial charge in [-0.1, -0.05) is 84.9 Å². The van der Waals surface area contributed by atoms with E-state index in [4.69, 9.17) is 4.74 Å². The van der Waals surface area contributed by atoms with E-state index in [1.165, 1.54) is 0 Å². The molecule has 0 radical (unpaired) electrons. The number of carbonyl (C=O) groups excluding carboxylic acids is 2. The summed E-state index contributed by atoms with van der Waals surface area (Å²) in [6, 6.07) is 28.5. The van der Waals surface area contributed by atoms with Crippen molar-refractivity contribution in [2.24, 2.45) is 5.41 Å². The van der Waals surface area contributed by atoms with Crippen LogP contribution in [0.2, 0.25) is 0 Å². The van der Waals surface area contributed by atoms with Crippen LogP contribution in [0.3, 0.4) is 0 Å². The molecule has 4 rings (SSSR count). The minimum Gasteiger partial charge on any atom is -0.459 e. The average molecular weight is 450 g/mol. The van der Waals surface area contributed by atoms with Crippen molar-refractivity contribution in [2.45, 2.75) is 38.7 Å². The number of carbonyl (C=O) groups is 2. The summed E-state index contributed by atoms with van der Waals surface area (Å²) in [5, 5.41) is 10.7. The molecule has 0 fully saturated rings. The van der Waals surface area contributed by atoms with Crippen LogP contribution in [-0.2, 0) is 9.53 Å². The Balaban J connectivity index is 1.92. The van der Waals surface area contributed by atoms with Gasteiger partial charge in [-0.2, -0.15) is 5.26 Å². The Hall–Kier alpha value is -3.97. The van der Waals surface area contributed by atoms with Gasteiger partial charge in [-0.25, -0.2) is 4.79 Å². The summed E-state index contributed by atoms with van der Waals surface area (Å²) in [7, 11) is 0. The smallest absolute Gasteiger partial charge is 0.332 e. The summed E-state index contributed by atoms with van der Waals surface area (Å²) >= 11 is 0. The number of rotatable bonds is 5. The second kappa shape index (κ2) is 9.11. The second-order valence-electron chi connectivity index (χ2n) is 9.52. The zero-order chi connectivity index (χ0) is 24.3. The molecule has 1 aliphatic carbocycles. The van der Waals surface area contributed by atoms with E-state index in [9.17, 15) is 14.9 Å². The quantitative estimate of drug-likeness (QED) is 0.332. The van der Waals surface area contributed by atoms with Crippen LogP contribution in [0, 0.1) is 16.7 Å². The van der Waals surface area contributed by atoms with Gasteiger partial charge in [0, 0.05) is 17.9 Å². The van der Waals surface area contributed by atoms with Gasteiger partial charge in [0.15, 0.2) is 11.2 Å². The molecular formula is C30H27NO3. The van der Waals surface area contributed by atoms with Gasteiger partial charge in [0.1, 0.15) is 5.60 Å². The largest absolute Gasteiger partial charge is 0.459 e. The molecule has 4 nitrogen and oxygen atoms in total. The molecule has 3 aromatic rings. The molecule has 0 saturated heterocycles. The van der Waals surface area contributed by atoms with Crippen LogP contribution in [0.1, 0.15) is 60.2 Å². The molecule has 0 aliphatic heterocycles. The summed E-state index contributed by atoms with van der Waals surface area (Å²) in [5.74, 6) is -1.43. The molecule has 2 unspecified atom stereocenters. The van der Waals surface area contributed by atoms with Crippen molar-refractivity contribution in [3.05, 3.63) is 107 Å². The predicted molar refractivity (Wildman–Crippen MR) is 133 cm³/mol. The van der Waals surface area contributed by atoms with Gasteiger partial charge in [0.2, 0.25) is 0 Å². The molecule has 2 atom stereocenters. The lowest BCUT2D eigenvalue weighted by atomic mass is 9.71. The third-order valence-corrected chi connectivity index (χ3v) is 6.07. The molecule has 0 aromatic heterocycles. The van der Waals surface area contributed by atoms with E-state index >= 15 is 0 Å². The fraction of sp³-hybridized carbons (Fsp3) is 0.233. The van der Waals surface area contributed by atoms with Gasteiger partial charge >= 0.3 is 5.97 Å². The Morgan fingerprint density at radius 3 is 2.15 bits per heavy atom. The molecule has 3 aromatic carbocycles. The fourth-order valence-corrected chi connectivity index (χ4v) is 4.57. The highest BCUT2D eigenvalue weighted by Crippen LogP contribution is 2.58. The number of nitrogens with zero attached hydrogens (tertiary/aromatic N) is 1. The minimum atomic E-state index is -1.66. The third kappa shape index (κ3) is 4.30. The van der Waals surface area contributed by atoms with Crippen LogP contribution < -0.4 is 0 Å². The molecule has 0 spiro atoms. The maximum atomic E-state index is 13.8. The molecule has 1 aliphatic rings. The average Bonchev–Trinajstić information content (AvgIpc) is 3.09. The van der Waals surface area contributed by atoms with Gasteiger partial charge < -0.3 is 4.74 Å². The zero-order valence-electron chi connectivity index (χ0n) is 19.6. The van der Waals surface area contributed by atoms with E-state index in [1.807, 2.05) is 78.9 Å². The lowest BCUT2D eigenvalue weighted by molar-refractivity contribution is -0.161. The van der Waals surface area contributed by atoms with E-state index in [-0.39, 0.29) is 12.2 Å². The second-order valence-corrected chi connectivity index (χ2v) is 9.52. The van der Waals surface area contributed by atoms with Crippen molar-refractivity contribution in [3.8, 4) is 6.07 Å². The van der Waals surface area contributed by atoms with Crippen molar-refractivity contribution in [1.82, 2.24) is 0 Å². The molecule has 170 valence electrons. The Labute approximate surface area is 200 Å². The van der Waals surface area contributed by atoms with Crippen LogP contribution in [0.25, 0.3) is 11.6 Å². The van der Waals surface area contributed by atoms with Gasteiger partial charge in [-0.15, -0.1) is 0 Å². The maximum Gasteiger partial charge on any atom is 0.332 e. The standard InChI is InChI=1S/C30H27NO3/c1-29(2,3)34-28(33)30(20-31)25(18-21-12-6-4-7-13-21)23-16-10-11-17-24(23)26(30)19-27(32)22-14-8-5-9-15-22/h4-18,26H,19H2,1-3H3/b25-18+. The van der Waals surface area contributed by atoms with Crippen LogP contribution in [0.15, 0.2) is 84.9 Å². The van der Waals surface area contributed by atoms with Crippen molar-refractivity contribution in [1.29, 1.82) is 5.26 Å². The zero-order valence-corrected chi connectivity index (χ0v) is 19.6. The number of ether oxygens (including phenoxy) is 1. The summed E-state index contributed by atoms with van der Waals surface area (Å²) in [5.41, 5.74) is 1.14. The van der Waals surface area contributed by atoms with Crippen LogP contribution in [0.4, 0.5) is 0 Å². The highest BCUT2D eigenvalue weighted by molar-refractivity contribution is 6.07. The Bertz CT molecular complexity index is 1280. The van der Waals surface area contributed by atoms with E-state index in [0.717, 1.165) is 16.7 Å². The topological polar surface area (TPSA) is 67.2 Å². The van der Waals surface area contributed by atoms with Gasteiger partial charge in [-0.05, 0) is 49.1 Å².